The Hall–Kier alpha value is -2.04. The van der Waals surface area contributed by atoms with E-state index in [0.29, 0.717) is 4.47 Å². The van der Waals surface area contributed by atoms with Crippen LogP contribution in [0, 0.1) is 0 Å². The van der Waals surface area contributed by atoms with Crippen LogP contribution in [0.25, 0.3) is 0 Å². The first-order chi connectivity index (χ1) is 10.4. The molecule has 1 amide bonds. The third-order valence-electron chi connectivity index (χ3n) is 2.51. The van der Waals surface area contributed by atoms with Gasteiger partial charge in [0.15, 0.2) is 0 Å². The minimum Gasteiger partial charge on any atom is -0.495 e. The van der Waals surface area contributed by atoms with Gasteiger partial charge >= 0.3 is 0 Å². The lowest BCUT2D eigenvalue weighted by atomic mass is 10.3. The maximum atomic E-state index is 12.2. The zero-order chi connectivity index (χ0) is 16.2. The average Bonchev–Trinajstić information content (AvgIpc) is 2.53. The van der Waals surface area contributed by atoms with E-state index in [0.717, 1.165) is 0 Å². The highest BCUT2D eigenvalue weighted by Gasteiger charge is 2.21. The molecule has 1 heterocycles. The fourth-order valence-electron chi connectivity index (χ4n) is 1.51. The monoisotopic (exact) mass is 386 g/mol. The van der Waals surface area contributed by atoms with Gasteiger partial charge in [0, 0.05) is 16.9 Å². The molecule has 0 spiro atoms. The molecule has 0 unspecified atom stereocenters. The molecule has 1 aromatic carbocycles. The molecule has 2 N–H and O–H groups in total. The Morgan fingerprint density at radius 2 is 2.09 bits per heavy atom. The summed E-state index contributed by atoms with van der Waals surface area (Å²) in [5.41, 5.74) is 2.04. The van der Waals surface area contributed by atoms with E-state index in [4.69, 9.17) is 4.74 Å². The van der Waals surface area contributed by atoms with Crippen molar-refractivity contribution in [1.29, 1.82) is 0 Å². The van der Waals surface area contributed by atoms with E-state index >= 15 is 0 Å². The summed E-state index contributed by atoms with van der Waals surface area (Å²) in [5, 5.41) is 0. The lowest BCUT2D eigenvalue weighted by molar-refractivity contribution is 0.0939. The normalized spacial score (nSPS) is 11.0. The molecule has 2 rings (SSSR count). The number of hydrazine groups is 1. The minimum atomic E-state index is -4.01. The predicted octanol–water partition coefficient (Wildman–Crippen LogP) is 0.871. The Morgan fingerprint density at radius 1 is 1.32 bits per heavy atom. The molecule has 0 aliphatic rings. The SMILES string of the molecule is COc1ccc(Br)cc1S(=O)(=O)NNC(=O)c1cnccn1. The maximum absolute atomic E-state index is 12.2. The van der Waals surface area contributed by atoms with Gasteiger partial charge < -0.3 is 4.74 Å². The van der Waals surface area contributed by atoms with Gasteiger partial charge in [-0.25, -0.2) is 13.4 Å². The zero-order valence-electron chi connectivity index (χ0n) is 11.3. The van der Waals surface area contributed by atoms with Crippen molar-refractivity contribution in [2.24, 2.45) is 0 Å². The van der Waals surface area contributed by atoms with Crippen LogP contribution in [0.5, 0.6) is 5.75 Å². The van der Waals surface area contributed by atoms with Crippen LogP contribution in [0.15, 0.2) is 46.2 Å². The van der Waals surface area contributed by atoms with Gasteiger partial charge in [-0.3, -0.25) is 15.2 Å². The molecule has 0 aliphatic carbocycles. The maximum Gasteiger partial charge on any atom is 0.286 e. The number of hydrogen-bond donors (Lipinski definition) is 2. The topological polar surface area (TPSA) is 110 Å². The molecule has 116 valence electrons. The van der Waals surface area contributed by atoms with Crippen LogP contribution in [0.3, 0.4) is 0 Å². The summed E-state index contributed by atoms with van der Waals surface area (Å²) in [6.07, 6.45) is 3.93. The summed E-state index contributed by atoms with van der Waals surface area (Å²) in [4.78, 5) is 21.1. The highest BCUT2D eigenvalue weighted by Crippen LogP contribution is 2.26. The lowest BCUT2D eigenvalue weighted by Crippen LogP contribution is -2.42. The standard InChI is InChI=1S/C12H11BrN4O4S/c1-21-10-3-2-8(13)6-11(10)22(19,20)17-16-12(18)9-7-14-4-5-15-9/h2-7,17H,1H3,(H,16,18). The first kappa shape index (κ1) is 16.3. The molecule has 1 aromatic heterocycles. The summed E-state index contributed by atoms with van der Waals surface area (Å²) in [6.45, 7) is 0. The van der Waals surface area contributed by atoms with Crippen molar-refractivity contribution >= 4 is 31.9 Å². The van der Waals surface area contributed by atoms with Gasteiger partial charge in [0.1, 0.15) is 16.3 Å². The van der Waals surface area contributed by atoms with Crippen molar-refractivity contribution in [3.05, 3.63) is 47.0 Å². The summed E-state index contributed by atoms with van der Waals surface area (Å²) in [6, 6.07) is 4.48. The van der Waals surface area contributed by atoms with Gasteiger partial charge in [-0.05, 0) is 18.2 Å². The molecule has 22 heavy (non-hydrogen) atoms. The van der Waals surface area contributed by atoms with E-state index in [-0.39, 0.29) is 16.3 Å². The molecule has 0 aliphatic heterocycles. The molecule has 0 saturated carbocycles. The van der Waals surface area contributed by atoms with Gasteiger partial charge in [-0.1, -0.05) is 15.9 Å². The average molecular weight is 387 g/mol. The van der Waals surface area contributed by atoms with E-state index in [1.54, 1.807) is 6.07 Å². The molecular formula is C12H11BrN4O4S. The zero-order valence-corrected chi connectivity index (χ0v) is 13.7. The number of hydrogen-bond acceptors (Lipinski definition) is 6. The van der Waals surface area contributed by atoms with Crippen LogP contribution < -0.4 is 15.0 Å². The van der Waals surface area contributed by atoms with Gasteiger partial charge in [-0.2, -0.15) is 0 Å². The Balaban J connectivity index is 2.19. The van der Waals surface area contributed by atoms with Gasteiger partial charge in [-0.15, -0.1) is 4.83 Å². The molecule has 10 heteroatoms. The van der Waals surface area contributed by atoms with Crippen LogP contribution in [-0.2, 0) is 10.0 Å². The number of nitrogens with zero attached hydrogens (tertiary/aromatic N) is 2. The Morgan fingerprint density at radius 3 is 2.73 bits per heavy atom. The molecule has 0 fully saturated rings. The number of halogens is 1. The molecular weight excluding hydrogens is 376 g/mol. The highest BCUT2D eigenvalue weighted by atomic mass is 79.9. The summed E-state index contributed by atoms with van der Waals surface area (Å²) in [5.74, 6) is -0.588. The summed E-state index contributed by atoms with van der Waals surface area (Å²) < 4.78 is 30.0. The second kappa shape index (κ2) is 6.81. The Labute approximate surface area is 135 Å². The number of amides is 1. The number of carbonyl (C=O) groups is 1. The van der Waals surface area contributed by atoms with Crippen molar-refractivity contribution in [2.75, 3.05) is 7.11 Å². The van der Waals surface area contributed by atoms with Crippen molar-refractivity contribution in [2.45, 2.75) is 4.90 Å². The molecule has 0 atom stereocenters. The first-order valence-electron chi connectivity index (χ1n) is 5.86. The summed E-state index contributed by atoms with van der Waals surface area (Å²) >= 11 is 3.18. The number of ether oxygens (including phenoxy) is 1. The van der Waals surface area contributed by atoms with E-state index in [9.17, 15) is 13.2 Å². The van der Waals surface area contributed by atoms with Crippen LogP contribution in [0.1, 0.15) is 10.5 Å². The van der Waals surface area contributed by atoms with Crippen molar-refractivity contribution in [3.8, 4) is 5.75 Å². The fraction of sp³-hybridized carbons (Fsp3) is 0.0833. The van der Waals surface area contributed by atoms with Crippen molar-refractivity contribution in [1.82, 2.24) is 20.2 Å². The van der Waals surface area contributed by atoms with Crippen LogP contribution in [0.2, 0.25) is 0 Å². The molecule has 0 bridgehead atoms. The van der Waals surface area contributed by atoms with Crippen molar-refractivity contribution < 1.29 is 17.9 Å². The Kier molecular flexibility index (Phi) is 5.06. The first-order valence-corrected chi connectivity index (χ1v) is 8.13. The number of benzene rings is 1. The number of sulfonamides is 1. The third-order valence-corrected chi connectivity index (χ3v) is 4.27. The van der Waals surface area contributed by atoms with E-state index in [1.807, 2.05) is 4.83 Å². The molecule has 0 radical (unpaired) electrons. The van der Waals surface area contributed by atoms with Crippen LogP contribution >= 0.6 is 15.9 Å². The number of methoxy groups -OCH3 is 1. The highest BCUT2D eigenvalue weighted by molar-refractivity contribution is 9.10. The third kappa shape index (κ3) is 3.78. The van der Waals surface area contributed by atoms with Crippen molar-refractivity contribution in [3.63, 3.8) is 0 Å². The number of nitrogens with one attached hydrogen (secondary N) is 2. The lowest BCUT2D eigenvalue weighted by Gasteiger charge is -2.11. The second-order valence-corrected chi connectivity index (χ2v) is 6.51. The van der Waals surface area contributed by atoms with Crippen LogP contribution in [-0.4, -0.2) is 31.4 Å². The second-order valence-electron chi connectivity index (χ2n) is 3.95. The fourth-order valence-corrected chi connectivity index (χ4v) is 3.06. The van der Waals surface area contributed by atoms with Gasteiger partial charge in [0.2, 0.25) is 0 Å². The quantitative estimate of drug-likeness (QED) is 0.737. The van der Waals surface area contributed by atoms with Crippen LogP contribution in [0.4, 0.5) is 0 Å². The largest absolute Gasteiger partial charge is 0.495 e. The van der Waals surface area contributed by atoms with Gasteiger partial charge in [0.25, 0.3) is 15.9 Å². The molecule has 0 saturated heterocycles. The van der Waals surface area contributed by atoms with E-state index in [1.165, 1.54) is 37.8 Å². The Bertz CT molecular complexity index is 783. The smallest absolute Gasteiger partial charge is 0.286 e. The van der Waals surface area contributed by atoms with Gasteiger partial charge in [0.05, 0.1) is 13.3 Å². The molecule has 2 aromatic rings. The minimum absolute atomic E-state index is 0.0218. The van der Waals surface area contributed by atoms with E-state index < -0.39 is 15.9 Å². The number of rotatable bonds is 5. The molecule has 8 nitrogen and oxygen atoms in total. The number of carbonyl (C=O) groups excluding carboxylic acids is 1. The number of aromatic nitrogens is 2. The predicted molar refractivity (Wildman–Crippen MR) is 80.5 cm³/mol. The van der Waals surface area contributed by atoms with E-state index in [2.05, 4.69) is 31.3 Å². The summed E-state index contributed by atoms with van der Waals surface area (Å²) in [7, 11) is -2.67.